The monoisotopic (exact) mass is 859 g/mol. The first-order valence-electron chi connectivity index (χ1n) is 23.3. The van der Waals surface area contributed by atoms with E-state index in [4.69, 9.17) is 4.74 Å². The Morgan fingerprint density at radius 2 is 0.970 bits per heavy atom. The van der Waals surface area contributed by atoms with Crippen molar-refractivity contribution in [2.24, 2.45) is 0 Å². The van der Waals surface area contributed by atoms with Crippen LogP contribution in [-0.4, -0.2) is 0 Å². The van der Waals surface area contributed by atoms with E-state index in [1.54, 1.807) is 0 Å². The van der Waals surface area contributed by atoms with E-state index in [9.17, 15) is 0 Å². The smallest absolute Gasteiger partial charge is 0.132 e. The SMILES string of the molecule is C=CC1=C(/C=C(\C)c2ccc(N(c3ccccc3-c3ccccc3)c3ccccc3-c3ccc4c(c3)C3(c5ccccc5O4)c4ccccc4-c4ccccc43)cc2)C(C)(C)c2ccccc21. The van der Waals surface area contributed by atoms with E-state index in [0.717, 1.165) is 61.9 Å². The van der Waals surface area contributed by atoms with Gasteiger partial charge in [-0.3, -0.25) is 0 Å². The number of rotatable bonds is 8. The number of ether oxygens (including phenoxy) is 1. The van der Waals surface area contributed by atoms with Crippen LogP contribution in [0, 0.1) is 0 Å². The van der Waals surface area contributed by atoms with E-state index in [-0.39, 0.29) is 5.41 Å². The molecule has 3 aliphatic rings. The fourth-order valence-corrected chi connectivity index (χ4v) is 11.4. The van der Waals surface area contributed by atoms with Crippen LogP contribution in [0.5, 0.6) is 11.5 Å². The second kappa shape index (κ2) is 15.8. The second-order valence-electron chi connectivity index (χ2n) is 18.5. The second-order valence-corrected chi connectivity index (χ2v) is 18.5. The minimum atomic E-state index is -0.567. The molecule has 1 aliphatic heterocycles. The number of anilines is 3. The number of allylic oxidation sites excluding steroid dienone is 5. The van der Waals surface area contributed by atoms with Crippen molar-refractivity contribution < 1.29 is 4.74 Å². The first kappa shape index (κ1) is 40.3. The third kappa shape index (κ3) is 6.17. The molecule has 1 heterocycles. The van der Waals surface area contributed by atoms with E-state index in [0.29, 0.717) is 0 Å². The molecule has 2 nitrogen and oxygen atoms in total. The van der Waals surface area contributed by atoms with Gasteiger partial charge < -0.3 is 9.64 Å². The summed E-state index contributed by atoms with van der Waals surface area (Å²) >= 11 is 0. The Labute approximate surface area is 394 Å². The van der Waals surface area contributed by atoms with Gasteiger partial charge in [-0.1, -0.05) is 209 Å². The Morgan fingerprint density at radius 1 is 0.463 bits per heavy atom. The Hall–Kier alpha value is -8.20. The molecule has 2 aliphatic carbocycles. The maximum absolute atomic E-state index is 6.86. The molecule has 0 amide bonds. The lowest BCUT2D eigenvalue weighted by Crippen LogP contribution is -2.32. The molecule has 0 bridgehead atoms. The van der Waals surface area contributed by atoms with Crippen LogP contribution in [0.2, 0.25) is 0 Å². The van der Waals surface area contributed by atoms with Gasteiger partial charge in [-0.2, -0.15) is 0 Å². The molecule has 0 saturated carbocycles. The summed E-state index contributed by atoms with van der Waals surface area (Å²) in [4.78, 5) is 2.44. The first-order valence-corrected chi connectivity index (χ1v) is 23.3. The maximum atomic E-state index is 6.86. The van der Waals surface area contributed by atoms with Crippen molar-refractivity contribution in [3.63, 3.8) is 0 Å². The van der Waals surface area contributed by atoms with Gasteiger partial charge in [0, 0.05) is 33.4 Å². The summed E-state index contributed by atoms with van der Waals surface area (Å²) < 4.78 is 6.86. The number of hydrogen-bond acceptors (Lipinski definition) is 2. The molecule has 0 aromatic heterocycles. The number of nitrogens with zero attached hydrogens (tertiary/aromatic N) is 1. The first-order chi connectivity index (χ1) is 32.9. The van der Waals surface area contributed by atoms with Crippen LogP contribution in [0.4, 0.5) is 17.1 Å². The van der Waals surface area contributed by atoms with Crippen LogP contribution in [0.15, 0.2) is 243 Å². The third-order valence-corrected chi connectivity index (χ3v) is 14.5. The quantitative estimate of drug-likeness (QED) is 0.151. The predicted molar refractivity (Wildman–Crippen MR) is 280 cm³/mol. The van der Waals surface area contributed by atoms with Gasteiger partial charge >= 0.3 is 0 Å². The van der Waals surface area contributed by atoms with Gasteiger partial charge in [-0.25, -0.2) is 0 Å². The van der Waals surface area contributed by atoms with Crippen molar-refractivity contribution in [3.05, 3.63) is 282 Å². The third-order valence-electron chi connectivity index (χ3n) is 14.5. The van der Waals surface area contributed by atoms with Crippen molar-refractivity contribution in [1.82, 2.24) is 0 Å². The standard InChI is InChI=1S/C65H49NO/c1-5-48-51-25-9-14-28-54(51)64(3,4)58(48)41-43(2)44-35-38-47(39-36-44)66(60-32-18-12-23-49(60)45-21-7-6-8-22-45)61-33-19-13-24-50(61)46-37-40-63-59(42-46)65(57-31-17-20-34-62(57)67-63)55-29-15-10-26-52(55)53-27-11-16-30-56(53)65/h5-42H,1H2,2-4H3/b43-41+. The lowest BCUT2D eigenvalue weighted by molar-refractivity contribution is 0.436. The highest BCUT2D eigenvalue weighted by atomic mass is 16.5. The average molecular weight is 860 g/mol. The van der Waals surface area contributed by atoms with Gasteiger partial charge in [-0.15, -0.1) is 0 Å². The molecule has 1 spiro atoms. The normalized spacial score (nSPS) is 14.6. The molecule has 0 radical (unpaired) electrons. The highest BCUT2D eigenvalue weighted by Crippen LogP contribution is 2.62. The van der Waals surface area contributed by atoms with Crippen LogP contribution in [0.25, 0.3) is 44.5 Å². The van der Waals surface area contributed by atoms with Crippen LogP contribution in [0.3, 0.4) is 0 Å². The van der Waals surface area contributed by atoms with E-state index < -0.39 is 5.41 Å². The molecule has 9 aromatic carbocycles. The van der Waals surface area contributed by atoms with Crippen LogP contribution in [0.1, 0.15) is 59.7 Å². The highest BCUT2D eigenvalue weighted by Gasteiger charge is 2.51. The fraction of sp³-hybridized carbons (Fsp3) is 0.0769. The van der Waals surface area contributed by atoms with Crippen LogP contribution >= 0.6 is 0 Å². The summed E-state index contributed by atoms with van der Waals surface area (Å²) in [5.41, 5.74) is 22.0. The van der Waals surface area contributed by atoms with Gasteiger partial charge in [0.25, 0.3) is 0 Å². The van der Waals surface area contributed by atoms with Gasteiger partial charge in [0.05, 0.1) is 16.8 Å². The molecule has 320 valence electrons. The van der Waals surface area contributed by atoms with E-state index in [2.05, 4.69) is 257 Å². The zero-order valence-corrected chi connectivity index (χ0v) is 38.0. The summed E-state index contributed by atoms with van der Waals surface area (Å²) in [5, 5.41) is 0. The van der Waals surface area contributed by atoms with Gasteiger partial charge in [0.1, 0.15) is 11.5 Å². The van der Waals surface area contributed by atoms with Gasteiger partial charge in [0.2, 0.25) is 0 Å². The predicted octanol–water partition coefficient (Wildman–Crippen LogP) is 17.3. The summed E-state index contributed by atoms with van der Waals surface area (Å²) in [6, 6.07) is 79.5. The topological polar surface area (TPSA) is 12.5 Å². The lowest BCUT2D eigenvalue weighted by Gasteiger charge is -2.39. The van der Waals surface area contributed by atoms with E-state index in [1.807, 2.05) is 6.08 Å². The average Bonchev–Trinajstić information content (AvgIpc) is 3.79. The summed E-state index contributed by atoms with van der Waals surface area (Å²) in [7, 11) is 0. The Morgan fingerprint density at radius 3 is 1.61 bits per heavy atom. The van der Waals surface area contributed by atoms with Crippen molar-refractivity contribution in [3.8, 4) is 44.9 Å². The maximum Gasteiger partial charge on any atom is 0.132 e. The molecule has 0 N–H and O–H groups in total. The number of benzene rings is 9. The molecule has 67 heavy (non-hydrogen) atoms. The molecule has 0 unspecified atom stereocenters. The Bertz CT molecular complexity index is 3450. The number of hydrogen-bond donors (Lipinski definition) is 0. The van der Waals surface area contributed by atoms with E-state index >= 15 is 0 Å². The number of para-hydroxylation sites is 3. The van der Waals surface area contributed by atoms with Crippen molar-refractivity contribution in [2.45, 2.75) is 31.6 Å². The van der Waals surface area contributed by atoms with Crippen LogP contribution in [-0.2, 0) is 10.8 Å². The minimum absolute atomic E-state index is 0.140. The van der Waals surface area contributed by atoms with E-state index in [1.165, 1.54) is 55.7 Å². The lowest BCUT2D eigenvalue weighted by atomic mass is 9.66. The minimum Gasteiger partial charge on any atom is -0.457 e. The number of fused-ring (bicyclic) bond motifs is 10. The summed E-state index contributed by atoms with van der Waals surface area (Å²) in [6.45, 7) is 11.1. The Balaban J connectivity index is 1.03. The van der Waals surface area contributed by atoms with Crippen LogP contribution < -0.4 is 9.64 Å². The molecule has 12 rings (SSSR count). The molecular weight excluding hydrogens is 811 g/mol. The summed E-state index contributed by atoms with van der Waals surface area (Å²) in [6.07, 6.45) is 4.39. The van der Waals surface area contributed by atoms with Crippen molar-refractivity contribution >= 4 is 28.2 Å². The highest BCUT2D eigenvalue weighted by molar-refractivity contribution is 5.96. The molecule has 0 atom stereocenters. The van der Waals surface area contributed by atoms with Gasteiger partial charge in [0.15, 0.2) is 0 Å². The van der Waals surface area contributed by atoms with Gasteiger partial charge in [-0.05, 0) is 116 Å². The molecule has 0 saturated heterocycles. The van der Waals surface area contributed by atoms with Crippen molar-refractivity contribution in [1.29, 1.82) is 0 Å². The molecular formula is C65H49NO. The molecule has 0 fully saturated rings. The zero-order chi connectivity index (χ0) is 45.3. The Kier molecular flexibility index (Phi) is 9.48. The summed E-state index contributed by atoms with van der Waals surface area (Å²) in [5.74, 6) is 1.76. The largest absolute Gasteiger partial charge is 0.457 e. The molecule has 2 heteroatoms. The van der Waals surface area contributed by atoms with Crippen molar-refractivity contribution in [2.75, 3.05) is 4.90 Å². The fourth-order valence-electron chi connectivity index (χ4n) is 11.4. The molecule has 9 aromatic rings. The zero-order valence-electron chi connectivity index (χ0n) is 38.0.